The van der Waals surface area contributed by atoms with Crippen LogP contribution in [0.4, 0.5) is 0 Å². The first-order chi connectivity index (χ1) is 14.1. The van der Waals surface area contributed by atoms with E-state index in [1.165, 1.54) is 36.2 Å². The van der Waals surface area contributed by atoms with Gasteiger partial charge in [0.25, 0.3) is 0 Å². The van der Waals surface area contributed by atoms with Crippen LogP contribution in [0.2, 0.25) is 0 Å². The number of aryl methyl sites for hydroxylation is 1. The molecule has 1 aliphatic rings. The Morgan fingerprint density at radius 2 is 1.79 bits per heavy atom. The van der Waals surface area contributed by atoms with Gasteiger partial charge in [0.15, 0.2) is 5.78 Å². The third-order valence-electron chi connectivity index (χ3n) is 5.42. The van der Waals surface area contributed by atoms with Crippen molar-refractivity contribution >= 4 is 23.0 Å². The Morgan fingerprint density at radius 3 is 2.41 bits per heavy atom. The summed E-state index contributed by atoms with van der Waals surface area (Å²) >= 11 is 1.49. The van der Waals surface area contributed by atoms with Gasteiger partial charge in [0.1, 0.15) is 5.75 Å². The van der Waals surface area contributed by atoms with Crippen molar-refractivity contribution in [3.8, 4) is 5.75 Å². The van der Waals surface area contributed by atoms with E-state index in [1.54, 1.807) is 7.11 Å². The van der Waals surface area contributed by atoms with Crippen molar-refractivity contribution < 1.29 is 14.3 Å². The molecule has 0 spiro atoms. The summed E-state index contributed by atoms with van der Waals surface area (Å²) in [4.78, 5) is 28.9. The molecule has 1 aliphatic heterocycles. The average molecular weight is 415 g/mol. The Hall–Kier alpha value is -2.18. The molecule has 156 valence electrons. The summed E-state index contributed by atoms with van der Waals surface area (Å²) in [6.45, 7) is 4.62. The number of ketones is 1. The number of rotatable bonds is 9. The molecule has 0 saturated carbocycles. The molecule has 2 heterocycles. The number of carbonyl (C=O) groups excluding carboxylic acids is 2. The molecule has 0 aliphatic carbocycles. The highest BCUT2D eigenvalue weighted by molar-refractivity contribution is 7.14. The second-order valence-corrected chi connectivity index (χ2v) is 8.81. The zero-order valence-electron chi connectivity index (χ0n) is 17.3. The quantitative estimate of drug-likeness (QED) is 0.619. The summed E-state index contributed by atoms with van der Waals surface area (Å²) in [5.74, 6) is 0.806. The number of ether oxygens (including phenoxy) is 1. The smallest absolute Gasteiger partial charge is 0.220 e. The average Bonchev–Trinajstić information content (AvgIpc) is 3.20. The number of thiophene rings is 1. The van der Waals surface area contributed by atoms with Gasteiger partial charge in [-0.1, -0.05) is 18.6 Å². The number of piperidine rings is 1. The first-order valence-corrected chi connectivity index (χ1v) is 11.1. The van der Waals surface area contributed by atoms with E-state index in [9.17, 15) is 9.59 Å². The van der Waals surface area contributed by atoms with E-state index < -0.39 is 0 Å². The van der Waals surface area contributed by atoms with Gasteiger partial charge in [-0.05, 0) is 62.7 Å². The van der Waals surface area contributed by atoms with E-state index in [4.69, 9.17) is 4.74 Å². The minimum Gasteiger partial charge on any atom is -0.497 e. The highest BCUT2D eigenvalue weighted by atomic mass is 32.1. The van der Waals surface area contributed by atoms with Crippen molar-refractivity contribution in [3.05, 3.63) is 51.7 Å². The molecular formula is C23H30N2O3S. The molecule has 1 N–H and O–H groups in total. The van der Waals surface area contributed by atoms with Gasteiger partial charge in [-0.2, -0.15) is 0 Å². The van der Waals surface area contributed by atoms with Crippen molar-refractivity contribution in [2.45, 2.75) is 45.1 Å². The molecule has 3 rings (SSSR count). The normalized spacial score (nSPS) is 15.7. The highest BCUT2D eigenvalue weighted by Crippen LogP contribution is 2.26. The predicted molar refractivity (Wildman–Crippen MR) is 117 cm³/mol. The molecule has 29 heavy (non-hydrogen) atoms. The maximum Gasteiger partial charge on any atom is 0.220 e. The Balaban J connectivity index is 1.56. The van der Waals surface area contributed by atoms with Crippen molar-refractivity contribution in [1.29, 1.82) is 0 Å². The molecule has 1 aromatic heterocycles. The fraction of sp³-hybridized carbons (Fsp3) is 0.478. The second-order valence-electron chi connectivity index (χ2n) is 7.52. The molecule has 1 aromatic carbocycles. The third kappa shape index (κ3) is 6.15. The van der Waals surface area contributed by atoms with Crippen molar-refractivity contribution in [1.82, 2.24) is 10.2 Å². The number of amides is 1. The van der Waals surface area contributed by atoms with Gasteiger partial charge in [-0.15, -0.1) is 11.3 Å². The van der Waals surface area contributed by atoms with Crippen LogP contribution in [0.3, 0.4) is 0 Å². The molecule has 1 atom stereocenters. The van der Waals surface area contributed by atoms with Gasteiger partial charge in [0.05, 0.1) is 18.0 Å². The lowest BCUT2D eigenvalue weighted by atomic mass is 10.0. The maximum atomic E-state index is 12.4. The molecule has 0 bridgehead atoms. The van der Waals surface area contributed by atoms with Gasteiger partial charge in [-0.3, -0.25) is 14.5 Å². The van der Waals surface area contributed by atoms with Crippen LogP contribution in [0.1, 0.15) is 58.3 Å². The Bertz CT molecular complexity index is 810. The Kier molecular flexibility index (Phi) is 7.83. The Labute approximate surface area is 177 Å². The van der Waals surface area contributed by atoms with Crippen molar-refractivity contribution in [3.63, 3.8) is 0 Å². The van der Waals surface area contributed by atoms with Crippen LogP contribution in [-0.4, -0.2) is 43.3 Å². The minimum absolute atomic E-state index is 0.0426. The largest absolute Gasteiger partial charge is 0.497 e. The minimum atomic E-state index is -0.0675. The molecule has 0 radical (unpaired) electrons. The van der Waals surface area contributed by atoms with Crippen LogP contribution in [0, 0.1) is 6.92 Å². The van der Waals surface area contributed by atoms with Gasteiger partial charge < -0.3 is 10.1 Å². The second kappa shape index (κ2) is 10.6. The summed E-state index contributed by atoms with van der Waals surface area (Å²) in [7, 11) is 1.66. The van der Waals surface area contributed by atoms with Gasteiger partial charge in [-0.25, -0.2) is 0 Å². The topological polar surface area (TPSA) is 58.6 Å². The standard InChI is InChI=1S/C23H30N2O3S/c1-17-6-12-22(29-17)21(26)11-13-23(27)24-16-20(25-14-4-3-5-15-25)18-7-9-19(28-2)10-8-18/h6-10,12,20H,3-5,11,13-16H2,1-2H3,(H,24,27). The third-order valence-corrected chi connectivity index (χ3v) is 6.46. The number of carbonyl (C=O) groups is 2. The number of nitrogens with one attached hydrogen (secondary N) is 1. The first kappa shape index (κ1) is 21.5. The van der Waals surface area contributed by atoms with Crippen LogP contribution < -0.4 is 10.1 Å². The molecular weight excluding hydrogens is 384 g/mol. The molecule has 2 aromatic rings. The summed E-state index contributed by atoms with van der Waals surface area (Å²) in [6.07, 6.45) is 4.13. The fourth-order valence-electron chi connectivity index (χ4n) is 3.75. The number of nitrogens with zero attached hydrogens (tertiary/aromatic N) is 1. The molecule has 5 nitrogen and oxygen atoms in total. The Morgan fingerprint density at radius 1 is 1.07 bits per heavy atom. The van der Waals surface area contributed by atoms with E-state index in [2.05, 4.69) is 22.3 Å². The lowest BCUT2D eigenvalue weighted by Crippen LogP contribution is -2.40. The van der Waals surface area contributed by atoms with Crippen LogP contribution in [0.5, 0.6) is 5.75 Å². The molecule has 1 amide bonds. The number of likely N-dealkylation sites (tertiary alicyclic amines) is 1. The summed E-state index contributed by atoms with van der Waals surface area (Å²) in [5, 5.41) is 3.06. The van der Waals surface area contributed by atoms with Gasteiger partial charge in [0.2, 0.25) is 5.91 Å². The number of methoxy groups -OCH3 is 1. The zero-order valence-corrected chi connectivity index (χ0v) is 18.1. The molecule has 1 saturated heterocycles. The lowest BCUT2D eigenvalue weighted by Gasteiger charge is -2.35. The number of hydrogen-bond acceptors (Lipinski definition) is 5. The van der Waals surface area contributed by atoms with E-state index in [1.807, 2.05) is 31.2 Å². The number of hydrogen-bond donors (Lipinski definition) is 1. The van der Waals surface area contributed by atoms with Crippen LogP contribution in [0.15, 0.2) is 36.4 Å². The van der Waals surface area contributed by atoms with Gasteiger partial charge >= 0.3 is 0 Å². The van der Waals surface area contributed by atoms with Crippen LogP contribution in [0.25, 0.3) is 0 Å². The molecule has 1 fully saturated rings. The maximum absolute atomic E-state index is 12.4. The number of benzene rings is 1. The predicted octanol–water partition coefficient (Wildman–Crippen LogP) is 4.37. The summed E-state index contributed by atoms with van der Waals surface area (Å²) < 4.78 is 5.27. The monoisotopic (exact) mass is 414 g/mol. The zero-order chi connectivity index (χ0) is 20.6. The van der Waals surface area contributed by atoms with Gasteiger partial charge in [0, 0.05) is 24.3 Å². The summed E-state index contributed by atoms with van der Waals surface area (Å²) in [6, 6.07) is 12.0. The van der Waals surface area contributed by atoms with Crippen molar-refractivity contribution in [2.75, 3.05) is 26.7 Å². The number of Topliss-reactive ketones (excluding diaryl/α,β-unsaturated/α-hetero) is 1. The van der Waals surface area contributed by atoms with E-state index >= 15 is 0 Å². The summed E-state index contributed by atoms with van der Waals surface area (Å²) in [5.41, 5.74) is 1.18. The van der Waals surface area contributed by atoms with E-state index in [0.717, 1.165) is 28.6 Å². The SMILES string of the molecule is COc1ccc(C(CNC(=O)CCC(=O)c2ccc(C)s2)N2CCCCC2)cc1. The van der Waals surface area contributed by atoms with E-state index in [0.29, 0.717) is 6.54 Å². The van der Waals surface area contributed by atoms with Crippen LogP contribution >= 0.6 is 11.3 Å². The highest BCUT2D eigenvalue weighted by Gasteiger charge is 2.23. The molecule has 6 heteroatoms. The van der Waals surface area contributed by atoms with E-state index in [-0.39, 0.29) is 30.6 Å². The lowest BCUT2D eigenvalue weighted by molar-refractivity contribution is -0.121. The first-order valence-electron chi connectivity index (χ1n) is 10.3. The van der Waals surface area contributed by atoms with Crippen molar-refractivity contribution in [2.24, 2.45) is 0 Å². The fourth-order valence-corrected chi connectivity index (χ4v) is 4.58. The van der Waals surface area contributed by atoms with Crippen LogP contribution in [-0.2, 0) is 4.79 Å². The molecule has 1 unspecified atom stereocenters.